The predicted octanol–water partition coefficient (Wildman–Crippen LogP) is 5.58. The molecule has 2 aromatic carbocycles. The molecule has 0 atom stereocenters. The minimum Gasteiger partial charge on any atom is -0.287 e. The molecule has 0 N–H and O–H groups in total. The molecule has 0 aliphatic rings. The van der Waals surface area contributed by atoms with Gasteiger partial charge in [-0.1, -0.05) is 54.2 Å². The molecule has 0 saturated carbocycles. The summed E-state index contributed by atoms with van der Waals surface area (Å²) >= 11 is 2.98. The highest BCUT2D eigenvalue weighted by molar-refractivity contribution is 7.98. The number of rotatable bonds is 5. The minimum atomic E-state index is -0.250. The van der Waals surface area contributed by atoms with Crippen LogP contribution in [0, 0.1) is 5.82 Å². The maximum atomic E-state index is 13.1. The Labute approximate surface area is 164 Å². The van der Waals surface area contributed by atoms with Crippen molar-refractivity contribution >= 4 is 33.3 Å². The van der Waals surface area contributed by atoms with Gasteiger partial charge in [-0.3, -0.25) is 9.36 Å². The van der Waals surface area contributed by atoms with Crippen LogP contribution >= 0.6 is 23.1 Å². The topological polar surface area (TPSA) is 34.9 Å². The quantitative estimate of drug-likeness (QED) is 0.326. The number of thioether (sulfide) groups is 1. The number of nitrogens with zero attached hydrogens (tertiary/aromatic N) is 2. The highest BCUT2D eigenvalue weighted by Gasteiger charge is 2.14. The Balaban J connectivity index is 1.72. The molecule has 136 valence electrons. The smallest absolute Gasteiger partial charge is 0.272 e. The van der Waals surface area contributed by atoms with E-state index in [2.05, 4.69) is 0 Å². The lowest BCUT2D eigenvalue weighted by Crippen LogP contribution is -2.21. The number of hydrogen-bond donors (Lipinski definition) is 0. The van der Waals surface area contributed by atoms with Gasteiger partial charge >= 0.3 is 0 Å². The van der Waals surface area contributed by atoms with E-state index in [9.17, 15) is 9.18 Å². The van der Waals surface area contributed by atoms with Gasteiger partial charge in [0.2, 0.25) is 0 Å². The summed E-state index contributed by atoms with van der Waals surface area (Å²) in [5.41, 5.74) is 2.81. The number of thiophene rings is 1. The van der Waals surface area contributed by atoms with E-state index >= 15 is 0 Å². The van der Waals surface area contributed by atoms with Crippen LogP contribution in [0.2, 0.25) is 0 Å². The maximum Gasteiger partial charge on any atom is 0.272 e. The lowest BCUT2D eigenvalue weighted by Gasteiger charge is -2.09. The van der Waals surface area contributed by atoms with Gasteiger partial charge < -0.3 is 0 Å². The average molecular weight is 397 g/mol. The van der Waals surface area contributed by atoms with E-state index in [0.29, 0.717) is 22.2 Å². The van der Waals surface area contributed by atoms with Gasteiger partial charge in [0, 0.05) is 17.2 Å². The van der Waals surface area contributed by atoms with Crippen molar-refractivity contribution in [2.24, 2.45) is 0 Å². The molecule has 2 heterocycles. The van der Waals surface area contributed by atoms with Crippen molar-refractivity contribution in [3.05, 3.63) is 82.4 Å². The Morgan fingerprint density at radius 3 is 2.56 bits per heavy atom. The summed E-state index contributed by atoms with van der Waals surface area (Å²) in [6, 6.07) is 18.4. The van der Waals surface area contributed by atoms with Gasteiger partial charge in [-0.05, 0) is 36.2 Å². The monoisotopic (exact) mass is 396 g/mol. The van der Waals surface area contributed by atoms with Crippen molar-refractivity contribution < 1.29 is 4.39 Å². The van der Waals surface area contributed by atoms with Gasteiger partial charge in [0.25, 0.3) is 5.56 Å². The standard InChI is InChI=1S/C21H17FN2OS2/c1-2-24-20(25)19-17(12-18(27-19)15-6-4-3-5-7-15)23-21(24)26-13-14-8-10-16(22)11-9-14/h3-12H,2,13H2,1H3. The molecule has 0 bridgehead atoms. The molecule has 0 unspecified atom stereocenters. The second kappa shape index (κ2) is 7.66. The van der Waals surface area contributed by atoms with Crippen molar-refractivity contribution in [2.75, 3.05) is 0 Å². The third kappa shape index (κ3) is 3.68. The van der Waals surface area contributed by atoms with E-state index in [1.54, 1.807) is 16.7 Å². The van der Waals surface area contributed by atoms with Crippen LogP contribution in [0.3, 0.4) is 0 Å². The van der Waals surface area contributed by atoms with Crippen molar-refractivity contribution in [1.82, 2.24) is 9.55 Å². The van der Waals surface area contributed by atoms with E-state index in [1.165, 1.54) is 35.2 Å². The van der Waals surface area contributed by atoms with Crippen molar-refractivity contribution in [2.45, 2.75) is 24.4 Å². The third-order valence-corrected chi connectivity index (χ3v) is 6.46. The Hall–Kier alpha value is -2.44. The molecule has 0 aliphatic heterocycles. The predicted molar refractivity (Wildman–Crippen MR) is 111 cm³/mol. The van der Waals surface area contributed by atoms with Gasteiger partial charge in [0.05, 0.1) is 5.52 Å². The largest absolute Gasteiger partial charge is 0.287 e. The fraction of sp³-hybridized carbons (Fsp3) is 0.143. The summed E-state index contributed by atoms with van der Waals surface area (Å²) in [7, 11) is 0. The molecule has 0 aliphatic carbocycles. The van der Waals surface area contributed by atoms with Crippen LogP contribution in [0.15, 0.2) is 70.6 Å². The molecule has 0 amide bonds. The van der Waals surface area contributed by atoms with Crippen LogP contribution in [-0.2, 0) is 12.3 Å². The maximum absolute atomic E-state index is 13.1. The molecule has 0 fully saturated rings. The lowest BCUT2D eigenvalue weighted by molar-refractivity contribution is 0.627. The first kappa shape index (κ1) is 17.9. The van der Waals surface area contributed by atoms with E-state index < -0.39 is 0 Å². The molecule has 4 rings (SSSR count). The Morgan fingerprint density at radius 2 is 1.85 bits per heavy atom. The van der Waals surface area contributed by atoms with Crippen LogP contribution in [0.5, 0.6) is 0 Å². The van der Waals surface area contributed by atoms with Crippen LogP contribution in [0.25, 0.3) is 20.7 Å². The zero-order chi connectivity index (χ0) is 18.8. The van der Waals surface area contributed by atoms with Crippen molar-refractivity contribution in [3.8, 4) is 10.4 Å². The number of hydrogen-bond acceptors (Lipinski definition) is 4. The summed E-state index contributed by atoms with van der Waals surface area (Å²) in [5, 5.41) is 0.691. The Bertz CT molecular complexity index is 1130. The van der Waals surface area contributed by atoms with Gasteiger partial charge in [-0.2, -0.15) is 0 Å². The second-order valence-corrected chi connectivity index (χ2v) is 8.04. The zero-order valence-corrected chi connectivity index (χ0v) is 16.3. The number of halogens is 1. The van der Waals surface area contributed by atoms with E-state index in [0.717, 1.165) is 21.5 Å². The van der Waals surface area contributed by atoms with E-state index in [4.69, 9.17) is 4.98 Å². The SMILES string of the molecule is CCn1c(SCc2ccc(F)cc2)nc2cc(-c3ccccc3)sc2c1=O. The Kier molecular flexibility index (Phi) is 5.09. The molecule has 0 radical (unpaired) electrons. The lowest BCUT2D eigenvalue weighted by atomic mass is 10.2. The highest BCUT2D eigenvalue weighted by Crippen LogP contribution is 2.32. The highest BCUT2D eigenvalue weighted by atomic mass is 32.2. The summed E-state index contributed by atoms with van der Waals surface area (Å²) in [4.78, 5) is 18.7. The zero-order valence-electron chi connectivity index (χ0n) is 14.7. The molecule has 3 nitrogen and oxygen atoms in total. The molecular weight excluding hydrogens is 379 g/mol. The van der Waals surface area contributed by atoms with Crippen molar-refractivity contribution in [3.63, 3.8) is 0 Å². The summed E-state index contributed by atoms with van der Waals surface area (Å²) in [5.74, 6) is 0.383. The summed E-state index contributed by atoms with van der Waals surface area (Å²) < 4.78 is 15.5. The molecular formula is C21H17FN2OS2. The number of aromatic nitrogens is 2. The Morgan fingerprint density at radius 1 is 1.11 bits per heavy atom. The molecule has 27 heavy (non-hydrogen) atoms. The third-order valence-electron chi connectivity index (χ3n) is 4.25. The molecule has 0 spiro atoms. The van der Waals surface area contributed by atoms with Crippen molar-refractivity contribution in [1.29, 1.82) is 0 Å². The fourth-order valence-electron chi connectivity index (χ4n) is 2.85. The molecule has 2 aromatic heterocycles. The van der Waals surface area contributed by atoms with Crippen LogP contribution in [0.1, 0.15) is 12.5 Å². The molecule has 6 heteroatoms. The fourth-order valence-corrected chi connectivity index (χ4v) is 4.92. The normalized spacial score (nSPS) is 11.2. The molecule has 0 saturated heterocycles. The minimum absolute atomic E-state index is 0.00344. The van der Waals surface area contributed by atoms with E-state index in [1.807, 2.05) is 43.3 Å². The van der Waals surface area contributed by atoms with Gasteiger partial charge in [0.15, 0.2) is 5.16 Å². The average Bonchev–Trinajstić information content (AvgIpc) is 3.13. The first-order valence-electron chi connectivity index (χ1n) is 8.62. The van der Waals surface area contributed by atoms with E-state index in [-0.39, 0.29) is 11.4 Å². The van der Waals surface area contributed by atoms with Crippen LogP contribution < -0.4 is 5.56 Å². The number of fused-ring (bicyclic) bond motifs is 1. The first-order valence-corrected chi connectivity index (χ1v) is 10.4. The van der Waals surface area contributed by atoms with Gasteiger partial charge in [0.1, 0.15) is 10.5 Å². The van der Waals surface area contributed by atoms with Gasteiger partial charge in [-0.25, -0.2) is 9.37 Å². The van der Waals surface area contributed by atoms with Gasteiger partial charge in [-0.15, -0.1) is 11.3 Å². The van der Waals surface area contributed by atoms with Crippen LogP contribution in [0.4, 0.5) is 4.39 Å². The summed E-state index contributed by atoms with van der Waals surface area (Å²) in [6.07, 6.45) is 0. The summed E-state index contributed by atoms with van der Waals surface area (Å²) in [6.45, 7) is 2.51. The second-order valence-electron chi connectivity index (χ2n) is 6.05. The first-order chi connectivity index (χ1) is 13.2. The molecule has 4 aromatic rings. The van der Waals surface area contributed by atoms with Crippen LogP contribution in [-0.4, -0.2) is 9.55 Å². The number of benzene rings is 2.